The Labute approximate surface area is 139 Å². The van der Waals surface area contributed by atoms with Crippen molar-refractivity contribution >= 4 is 29.3 Å². The van der Waals surface area contributed by atoms with Crippen molar-refractivity contribution < 1.29 is 4.79 Å². The summed E-state index contributed by atoms with van der Waals surface area (Å²) in [6, 6.07) is 7.63. The van der Waals surface area contributed by atoms with Crippen LogP contribution in [0.25, 0.3) is 5.69 Å². The van der Waals surface area contributed by atoms with Gasteiger partial charge in [0.25, 0.3) is 0 Å². The van der Waals surface area contributed by atoms with Crippen LogP contribution in [0.3, 0.4) is 0 Å². The van der Waals surface area contributed by atoms with E-state index in [9.17, 15) is 4.79 Å². The van der Waals surface area contributed by atoms with E-state index < -0.39 is 0 Å². The molecule has 1 heterocycles. The zero-order valence-electron chi connectivity index (χ0n) is 12.6. The molecule has 22 heavy (non-hydrogen) atoms. The largest absolute Gasteiger partial charge is 0.353 e. The number of carbonyl (C=O) groups excluding carboxylic acids is 1. The fourth-order valence-electron chi connectivity index (χ4n) is 2.08. The van der Waals surface area contributed by atoms with Crippen molar-refractivity contribution in [2.24, 2.45) is 0 Å². The van der Waals surface area contributed by atoms with Gasteiger partial charge in [0.2, 0.25) is 5.91 Å². The Hall–Kier alpha value is -1.53. The highest BCUT2D eigenvalue weighted by Gasteiger charge is 2.11. The number of carbonyl (C=O) groups is 1. The average Bonchev–Trinajstić information content (AvgIpc) is 2.93. The van der Waals surface area contributed by atoms with Gasteiger partial charge in [-0.2, -0.15) is 0 Å². The number of nitrogens with zero attached hydrogens (tertiary/aromatic N) is 3. The van der Waals surface area contributed by atoms with E-state index >= 15 is 0 Å². The van der Waals surface area contributed by atoms with Crippen LogP contribution >= 0.6 is 23.4 Å². The molecule has 1 aromatic heterocycles. The minimum atomic E-state index is 0.00611. The first-order valence-electron chi connectivity index (χ1n) is 7.18. The molecule has 7 heteroatoms. The second kappa shape index (κ2) is 8.19. The monoisotopic (exact) mass is 338 g/mol. The number of thioether (sulfide) groups is 1. The molecule has 1 unspecified atom stereocenters. The van der Waals surface area contributed by atoms with Crippen molar-refractivity contribution in [2.45, 2.75) is 37.9 Å². The first-order chi connectivity index (χ1) is 10.6. The highest BCUT2D eigenvalue weighted by Crippen LogP contribution is 2.21. The fraction of sp³-hybridized carbons (Fsp3) is 0.400. The van der Waals surface area contributed by atoms with Gasteiger partial charge in [0.05, 0.1) is 11.4 Å². The van der Waals surface area contributed by atoms with E-state index in [4.69, 9.17) is 11.6 Å². The van der Waals surface area contributed by atoms with Crippen LogP contribution in [0, 0.1) is 0 Å². The normalized spacial score (nSPS) is 12.1. The van der Waals surface area contributed by atoms with Crippen LogP contribution in [-0.4, -0.2) is 32.5 Å². The van der Waals surface area contributed by atoms with Crippen LogP contribution < -0.4 is 5.32 Å². The van der Waals surface area contributed by atoms with E-state index in [-0.39, 0.29) is 11.9 Å². The van der Waals surface area contributed by atoms with Crippen molar-refractivity contribution in [2.75, 3.05) is 5.75 Å². The van der Waals surface area contributed by atoms with Crippen molar-refractivity contribution in [3.8, 4) is 5.69 Å². The fourth-order valence-corrected chi connectivity index (χ4v) is 3.00. The van der Waals surface area contributed by atoms with Gasteiger partial charge >= 0.3 is 0 Å². The van der Waals surface area contributed by atoms with E-state index in [1.165, 1.54) is 11.8 Å². The van der Waals surface area contributed by atoms with Crippen molar-refractivity contribution in [1.82, 2.24) is 20.1 Å². The molecule has 0 aliphatic carbocycles. The van der Waals surface area contributed by atoms with Crippen LogP contribution in [0.2, 0.25) is 5.02 Å². The van der Waals surface area contributed by atoms with Crippen LogP contribution in [0.1, 0.15) is 26.7 Å². The summed E-state index contributed by atoms with van der Waals surface area (Å²) in [5.41, 5.74) is 0.875. The lowest BCUT2D eigenvalue weighted by atomic mass is 10.2. The Morgan fingerprint density at radius 3 is 3.05 bits per heavy atom. The highest BCUT2D eigenvalue weighted by atomic mass is 35.5. The third-order valence-corrected chi connectivity index (χ3v) is 4.24. The number of amides is 1. The number of aromatic nitrogens is 3. The molecule has 1 atom stereocenters. The first kappa shape index (κ1) is 16.8. The number of halogens is 1. The Kier molecular flexibility index (Phi) is 6.27. The molecule has 2 aromatic rings. The number of nitrogens with one attached hydrogen (secondary N) is 1. The van der Waals surface area contributed by atoms with Gasteiger partial charge < -0.3 is 5.32 Å². The lowest BCUT2D eigenvalue weighted by Gasteiger charge is -2.12. The van der Waals surface area contributed by atoms with Crippen molar-refractivity contribution in [1.29, 1.82) is 0 Å². The molecule has 0 aliphatic heterocycles. The molecule has 0 aliphatic rings. The summed E-state index contributed by atoms with van der Waals surface area (Å²) in [7, 11) is 0. The van der Waals surface area contributed by atoms with Crippen molar-refractivity contribution in [3.05, 3.63) is 35.6 Å². The van der Waals surface area contributed by atoms with Gasteiger partial charge in [0.15, 0.2) is 5.16 Å². The van der Waals surface area contributed by atoms with Crippen molar-refractivity contribution in [3.63, 3.8) is 0 Å². The van der Waals surface area contributed by atoms with Gasteiger partial charge in [0.1, 0.15) is 6.33 Å². The summed E-state index contributed by atoms with van der Waals surface area (Å²) >= 11 is 7.36. The Bertz CT molecular complexity index is 632. The Morgan fingerprint density at radius 2 is 2.32 bits per heavy atom. The second-order valence-corrected chi connectivity index (χ2v) is 6.39. The zero-order valence-corrected chi connectivity index (χ0v) is 14.2. The quantitative estimate of drug-likeness (QED) is 0.787. The molecule has 0 saturated carbocycles. The van der Waals surface area contributed by atoms with Gasteiger partial charge in [-0.05, 0) is 31.5 Å². The maximum Gasteiger partial charge on any atom is 0.230 e. The standard InChI is InChI=1S/C15H19ClN4OS/c1-3-5-11(2)18-14(21)9-22-15-19-17-10-20(15)13-7-4-6-12(16)8-13/h4,6-8,10-11H,3,5,9H2,1-2H3,(H,18,21). The van der Waals surface area contributed by atoms with Gasteiger partial charge in [-0.25, -0.2) is 0 Å². The van der Waals surface area contributed by atoms with E-state index in [0.29, 0.717) is 15.9 Å². The molecule has 1 aromatic carbocycles. The summed E-state index contributed by atoms with van der Waals surface area (Å²) in [5.74, 6) is 0.319. The van der Waals surface area contributed by atoms with E-state index in [1.807, 2.05) is 35.8 Å². The molecule has 0 radical (unpaired) electrons. The number of hydrogen-bond acceptors (Lipinski definition) is 4. The van der Waals surface area contributed by atoms with Crippen LogP contribution in [0.15, 0.2) is 35.7 Å². The predicted octanol–water partition coefficient (Wildman–Crippen LogP) is 3.32. The third kappa shape index (κ3) is 4.74. The van der Waals surface area contributed by atoms with E-state index in [0.717, 1.165) is 18.5 Å². The molecular weight excluding hydrogens is 320 g/mol. The topological polar surface area (TPSA) is 59.8 Å². The molecule has 1 N–H and O–H groups in total. The van der Waals surface area contributed by atoms with E-state index in [1.54, 1.807) is 6.33 Å². The maximum absolute atomic E-state index is 11.9. The average molecular weight is 339 g/mol. The molecule has 2 rings (SSSR count). The summed E-state index contributed by atoms with van der Waals surface area (Å²) in [6.45, 7) is 4.12. The Balaban J connectivity index is 1.97. The summed E-state index contributed by atoms with van der Waals surface area (Å²) < 4.78 is 1.82. The molecule has 0 saturated heterocycles. The van der Waals surface area contributed by atoms with Crippen LogP contribution in [-0.2, 0) is 4.79 Å². The SMILES string of the molecule is CCCC(C)NC(=O)CSc1nncn1-c1cccc(Cl)c1. The van der Waals surface area contributed by atoms with Gasteiger partial charge in [0, 0.05) is 11.1 Å². The lowest BCUT2D eigenvalue weighted by molar-refractivity contribution is -0.119. The number of hydrogen-bond donors (Lipinski definition) is 1. The molecule has 0 bridgehead atoms. The van der Waals surface area contributed by atoms with Gasteiger partial charge in [-0.15, -0.1) is 10.2 Å². The summed E-state index contributed by atoms with van der Waals surface area (Å²) in [4.78, 5) is 11.9. The molecule has 5 nitrogen and oxygen atoms in total. The second-order valence-electron chi connectivity index (χ2n) is 5.01. The molecule has 1 amide bonds. The minimum Gasteiger partial charge on any atom is -0.353 e. The lowest BCUT2D eigenvalue weighted by Crippen LogP contribution is -2.33. The van der Waals surface area contributed by atoms with Gasteiger partial charge in [-0.1, -0.05) is 42.8 Å². The van der Waals surface area contributed by atoms with Gasteiger partial charge in [-0.3, -0.25) is 9.36 Å². The van der Waals surface area contributed by atoms with E-state index in [2.05, 4.69) is 22.4 Å². The number of benzene rings is 1. The molecule has 0 spiro atoms. The predicted molar refractivity (Wildman–Crippen MR) is 89.6 cm³/mol. The molecule has 118 valence electrons. The maximum atomic E-state index is 11.9. The smallest absolute Gasteiger partial charge is 0.230 e. The first-order valence-corrected chi connectivity index (χ1v) is 8.54. The van der Waals surface area contributed by atoms with Crippen LogP contribution in [0.5, 0.6) is 0 Å². The molecule has 0 fully saturated rings. The minimum absolute atomic E-state index is 0.00611. The summed E-state index contributed by atoms with van der Waals surface area (Å²) in [5, 5.41) is 12.3. The third-order valence-electron chi connectivity index (χ3n) is 3.06. The zero-order chi connectivity index (χ0) is 15.9. The number of rotatable bonds is 7. The highest BCUT2D eigenvalue weighted by molar-refractivity contribution is 7.99. The summed E-state index contributed by atoms with van der Waals surface area (Å²) in [6.07, 6.45) is 3.65. The molecular formula is C15H19ClN4OS. The Morgan fingerprint density at radius 1 is 1.50 bits per heavy atom. The van der Waals surface area contributed by atoms with Crippen LogP contribution in [0.4, 0.5) is 0 Å².